The summed E-state index contributed by atoms with van der Waals surface area (Å²) in [5.41, 5.74) is 0.529. The van der Waals surface area contributed by atoms with Crippen molar-refractivity contribution < 1.29 is 9.90 Å². The van der Waals surface area contributed by atoms with E-state index in [2.05, 4.69) is 0 Å². The van der Waals surface area contributed by atoms with Gasteiger partial charge in [-0.1, -0.05) is 26.3 Å². The van der Waals surface area contributed by atoms with E-state index >= 15 is 0 Å². The third-order valence-electron chi connectivity index (χ3n) is 1.34. The van der Waals surface area contributed by atoms with Crippen molar-refractivity contribution >= 4 is 5.97 Å². The number of allylic oxidation sites excluding steroid dienone is 1. The van der Waals surface area contributed by atoms with Gasteiger partial charge in [-0.25, -0.2) is 4.79 Å². The van der Waals surface area contributed by atoms with E-state index in [1.807, 2.05) is 13.8 Å². The van der Waals surface area contributed by atoms with Crippen LogP contribution in [0.25, 0.3) is 0 Å². The lowest BCUT2D eigenvalue weighted by molar-refractivity contribution is -0.132. The Hall–Kier alpha value is -0.790. The SMILES string of the molecule is CCC/C=C(/CC)C(=O)O. The molecule has 0 radical (unpaired) electrons. The summed E-state index contributed by atoms with van der Waals surface area (Å²) in [6, 6.07) is 0. The molecule has 0 aromatic rings. The predicted octanol–water partition coefficient (Wildman–Crippen LogP) is 2.21. The van der Waals surface area contributed by atoms with Gasteiger partial charge in [0.25, 0.3) is 0 Å². The van der Waals surface area contributed by atoms with E-state index in [0.29, 0.717) is 12.0 Å². The Bertz CT molecular complexity index is 136. The van der Waals surface area contributed by atoms with Crippen molar-refractivity contribution in [1.29, 1.82) is 0 Å². The summed E-state index contributed by atoms with van der Waals surface area (Å²) >= 11 is 0. The van der Waals surface area contributed by atoms with Gasteiger partial charge >= 0.3 is 5.97 Å². The Morgan fingerprint density at radius 2 is 2.10 bits per heavy atom. The molecule has 0 atom stereocenters. The molecule has 0 aromatic carbocycles. The normalized spacial score (nSPS) is 11.6. The smallest absolute Gasteiger partial charge is 0.331 e. The van der Waals surface area contributed by atoms with Gasteiger partial charge in [-0.05, 0) is 12.8 Å². The van der Waals surface area contributed by atoms with Crippen molar-refractivity contribution in [3.63, 3.8) is 0 Å². The summed E-state index contributed by atoms with van der Waals surface area (Å²) < 4.78 is 0. The average Bonchev–Trinajstić information content (AvgIpc) is 1.89. The van der Waals surface area contributed by atoms with Crippen LogP contribution in [0.4, 0.5) is 0 Å². The molecule has 1 N–H and O–H groups in total. The van der Waals surface area contributed by atoms with Gasteiger partial charge in [0.2, 0.25) is 0 Å². The van der Waals surface area contributed by atoms with E-state index in [-0.39, 0.29) is 0 Å². The Kier molecular flexibility index (Phi) is 4.63. The zero-order valence-corrected chi connectivity index (χ0v) is 6.55. The van der Waals surface area contributed by atoms with Gasteiger partial charge in [0.05, 0.1) is 0 Å². The highest BCUT2D eigenvalue weighted by atomic mass is 16.4. The largest absolute Gasteiger partial charge is 0.478 e. The molecular weight excluding hydrogens is 128 g/mol. The molecular formula is C8H14O2. The lowest BCUT2D eigenvalue weighted by Crippen LogP contribution is -1.98. The van der Waals surface area contributed by atoms with Crippen LogP contribution in [0.3, 0.4) is 0 Å². The molecule has 0 aromatic heterocycles. The highest BCUT2D eigenvalue weighted by molar-refractivity contribution is 5.86. The quantitative estimate of drug-likeness (QED) is 0.611. The Labute approximate surface area is 61.6 Å². The maximum Gasteiger partial charge on any atom is 0.331 e. The molecule has 0 saturated carbocycles. The highest BCUT2D eigenvalue weighted by Crippen LogP contribution is 2.03. The van der Waals surface area contributed by atoms with Crippen molar-refractivity contribution in [2.75, 3.05) is 0 Å². The maximum absolute atomic E-state index is 10.4. The second kappa shape index (κ2) is 5.03. The van der Waals surface area contributed by atoms with Crippen LogP contribution in [-0.2, 0) is 4.79 Å². The van der Waals surface area contributed by atoms with Crippen LogP contribution >= 0.6 is 0 Å². The molecule has 0 spiro atoms. The van der Waals surface area contributed by atoms with Gasteiger partial charge in [0, 0.05) is 5.57 Å². The number of carboxylic acids is 1. The summed E-state index contributed by atoms with van der Waals surface area (Å²) in [5.74, 6) is -0.782. The zero-order chi connectivity index (χ0) is 7.98. The lowest BCUT2D eigenvalue weighted by Gasteiger charge is -1.94. The fraction of sp³-hybridized carbons (Fsp3) is 0.625. The van der Waals surface area contributed by atoms with Crippen LogP contribution in [0.2, 0.25) is 0 Å². The maximum atomic E-state index is 10.4. The van der Waals surface area contributed by atoms with E-state index in [1.165, 1.54) is 0 Å². The van der Waals surface area contributed by atoms with Crippen LogP contribution in [0.1, 0.15) is 33.1 Å². The summed E-state index contributed by atoms with van der Waals surface area (Å²) in [4.78, 5) is 10.4. The van der Waals surface area contributed by atoms with Crippen LogP contribution in [-0.4, -0.2) is 11.1 Å². The van der Waals surface area contributed by atoms with E-state index < -0.39 is 5.97 Å². The Morgan fingerprint density at radius 1 is 1.50 bits per heavy atom. The molecule has 2 nitrogen and oxygen atoms in total. The molecule has 0 saturated heterocycles. The summed E-state index contributed by atoms with van der Waals surface area (Å²) in [6.45, 7) is 3.89. The monoisotopic (exact) mass is 142 g/mol. The third-order valence-corrected chi connectivity index (χ3v) is 1.34. The molecule has 0 aliphatic carbocycles. The first kappa shape index (κ1) is 9.21. The minimum atomic E-state index is -0.782. The van der Waals surface area contributed by atoms with Crippen molar-refractivity contribution in [2.45, 2.75) is 33.1 Å². The number of carbonyl (C=O) groups is 1. The second-order valence-corrected chi connectivity index (χ2v) is 2.18. The number of rotatable bonds is 4. The topological polar surface area (TPSA) is 37.3 Å². The molecule has 0 bridgehead atoms. The molecule has 0 heterocycles. The first-order chi connectivity index (χ1) is 4.72. The number of aliphatic carboxylic acids is 1. The highest BCUT2D eigenvalue weighted by Gasteiger charge is 2.01. The van der Waals surface area contributed by atoms with Crippen LogP contribution in [0.5, 0.6) is 0 Å². The van der Waals surface area contributed by atoms with Gasteiger partial charge in [0.15, 0.2) is 0 Å². The van der Waals surface area contributed by atoms with Gasteiger partial charge in [-0.2, -0.15) is 0 Å². The van der Waals surface area contributed by atoms with Crippen molar-refractivity contribution in [3.05, 3.63) is 11.6 Å². The van der Waals surface area contributed by atoms with Crippen molar-refractivity contribution in [1.82, 2.24) is 0 Å². The molecule has 58 valence electrons. The summed E-state index contributed by atoms with van der Waals surface area (Å²) in [5, 5.41) is 8.53. The van der Waals surface area contributed by atoms with Gasteiger partial charge in [-0.3, -0.25) is 0 Å². The van der Waals surface area contributed by atoms with Crippen LogP contribution in [0, 0.1) is 0 Å². The summed E-state index contributed by atoms with van der Waals surface area (Å²) in [7, 11) is 0. The molecule has 0 amide bonds. The number of unbranched alkanes of at least 4 members (excludes halogenated alkanes) is 1. The minimum absolute atomic E-state index is 0.529. The Morgan fingerprint density at radius 3 is 2.40 bits per heavy atom. The van der Waals surface area contributed by atoms with Gasteiger partial charge in [-0.15, -0.1) is 0 Å². The van der Waals surface area contributed by atoms with Crippen molar-refractivity contribution in [3.8, 4) is 0 Å². The number of hydrogen-bond donors (Lipinski definition) is 1. The predicted molar refractivity (Wildman–Crippen MR) is 40.9 cm³/mol. The lowest BCUT2D eigenvalue weighted by atomic mass is 10.1. The summed E-state index contributed by atoms with van der Waals surface area (Å²) in [6.07, 6.45) is 4.30. The standard InChI is InChI=1S/C8H14O2/c1-3-5-6-7(4-2)8(9)10/h6H,3-5H2,1-2H3,(H,9,10)/b7-6-. The van der Waals surface area contributed by atoms with E-state index in [4.69, 9.17) is 5.11 Å². The fourth-order valence-electron chi connectivity index (χ4n) is 0.701. The number of hydrogen-bond acceptors (Lipinski definition) is 1. The molecule has 0 unspecified atom stereocenters. The number of carboxylic acid groups (broad SMARTS) is 1. The minimum Gasteiger partial charge on any atom is -0.478 e. The Balaban J connectivity index is 3.91. The molecule has 10 heavy (non-hydrogen) atoms. The van der Waals surface area contributed by atoms with Crippen LogP contribution in [0.15, 0.2) is 11.6 Å². The fourth-order valence-corrected chi connectivity index (χ4v) is 0.701. The molecule has 2 heteroatoms. The first-order valence-electron chi connectivity index (χ1n) is 3.64. The average molecular weight is 142 g/mol. The van der Waals surface area contributed by atoms with Crippen molar-refractivity contribution in [2.24, 2.45) is 0 Å². The zero-order valence-electron chi connectivity index (χ0n) is 6.55. The molecule has 0 rings (SSSR count). The van der Waals surface area contributed by atoms with Gasteiger partial charge < -0.3 is 5.11 Å². The third kappa shape index (κ3) is 3.28. The molecule has 0 aliphatic heterocycles. The molecule has 0 aliphatic rings. The van der Waals surface area contributed by atoms with E-state index in [1.54, 1.807) is 6.08 Å². The van der Waals surface area contributed by atoms with E-state index in [0.717, 1.165) is 12.8 Å². The second-order valence-electron chi connectivity index (χ2n) is 2.18. The molecule has 0 fully saturated rings. The first-order valence-corrected chi connectivity index (χ1v) is 3.64. The van der Waals surface area contributed by atoms with E-state index in [9.17, 15) is 4.79 Å². The van der Waals surface area contributed by atoms with Gasteiger partial charge in [0.1, 0.15) is 0 Å². The van der Waals surface area contributed by atoms with Crippen LogP contribution < -0.4 is 0 Å².